The van der Waals surface area contributed by atoms with E-state index in [1.54, 1.807) is 27.1 Å². The van der Waals surface area contributed by atoms with Gasteiger partial charge in [0.25, 0.3) is 11.6 Å². The fourth-order valence-corrected chi connectivity index (χ4v) is 2.34. The van der Waals surface area contributed by atoms with Crippen molar-refractivity contribution in [2.24, 2.45) is 0 Å². The highest BCUT2D eigenvalue weighted by atomic mass is 16.6. The van der Waals surface area contributed by atoms with Gasteiger partial charge in [-0.1, -0.05) is 18.2 Å². The summed E-state index contributed by atoms with van der Waals surface area (Å²) >= 11 is 0. The minimum absolute atomic E-state index is 0.0475. The normalized spacial score (nSPS) is 10.2. The second-order valence-corrected chi connectivity index (χ2v) is 5.22. The van der Waals surface area contributed by atoms with Gasteiger partial charge in [0.05, 0.1) is 12.0 Å². The van der Waals surface area contributed by atoms with Gasteiger partial charge in [0.15, 0.2) is 0 Å². The van der Waals surface area contributed by atoms with Crippen LogP contribution in [0.25, 0.3) is 0 Å². The molecule has 0 unspecified atom stereocenters. The zero-order chi connectivity index (χ0) is 17.0. The maximum absolute atomic E-state index is 12.5. The minimum atomic E-state index is -0.477. The van der Waals surface area contributed by atoms with Crippen LogP contribution in [0.2, 0.25) is 0 Å². The number of amides is 1. The number of carbonyl (C=O) groups excluding carboxylic acids is 1. The Bertz CT molecular complexity index is 726. The van der Waals surface area contributed by atoms with Crippen molar-refractivity contribution in [2.75, 3.05) is 14.2 Å². The van der Waals surface area contributed by atoms with E-state index >= 15 is 0 Å². The van der Waals surface area contributed by atoms with E-state index in [-0.39, 0.29) is 11.6 Å². The Morgan fingerprint density at radius 2 is 1.87 bits per heavy atom. The number of ether oxygens (including phenoxy) is 1. The number of nitro benzene ring substituents is 1. The maximum atomic E-state index is 12.5. The number of methoxy groups -OCH3 is 1. The third kappa shape index (κ3) is 3.66. The van der Waals surface area contributed by atoms with Gasteiger partial charge in [0.2, 0.25) is 0 Å². The second kappa shape index (κ2) is 6.91. The topological polar surface area (TPSA) is 72.7 Å². The third-order valence-corrected chi connectivity index (χ3v) is 3.66. The van der Waals surface area contributed by atoms with E-state index in [1.165, 1.54) is 17.0 Å². The highest BCUT2D eigenvalue weighted by Gasteiger charge is 2.20. The first kappa shape index (κ1) is 16.5. The van der Waals surface area contributed by atoms with Crippen LogP contribution in [0.3, 0.4) is 0 Å². The molecule has 0 aliphatic carbocycles. The van der Waals surface area contributed by atoms with Gasteiger partial charge in [-0.05, 0) is 30.7 Å². The SMILES string of the molecule is COc1ccc(CN(C)C(=O)c2cccc([N+](=O)[O-])c2C)cc1. The lowest BCUT2D eigenvalue weighted by atomic mass is 10.1. The Morgan fingerprint density at radius 3 is 2.43 bits per heavy atom. The molecule has 6 heteroatoms. The van der Waals surface area contributed by atoms with Crippen LogP contribution in [0.4, 0.5) is 5.69 Å². The van der Waals surface area contributed by atoms with Crippen LogP contribution in [0, 0.1) is 17.0 Å². The van der Waals surface area contributed by atoms with Gasteiger partial charge in [0.1, 0.15) is 5.75 Å². The van der Waals surface area contributed by atoms with Gasteiger partial charge in [-0.3, -0.25) is 14.9 Å². The number of benzene rings is 2. The second-order valence-electron chi connectivity index (χ2n) is 5.22. The molecule has 2 aromatic rings. The van der Waals surface area contributed by atoms with E-state index in [0.29, 0.717) is 17.7 Å². The summed E-state index contributed by atoms with van der Waals surface area (Å²) in [6.07, 6.45) is 0. The molecular formula is C17H18N2O4. The van der Waals surface area contributed by atoms with Crippen LogP contribution < -0.4 is 4.74 Å². The van der Waals surface area contributed by atoms with Crippen molar-refractivity contribution in [2.45, 2.75) is 13.5 Å². The van der Waals surface area contributed by atoms with Crippen LogP contribution in [-0.2, 0) is 6.54 Å². The van der Waals surface area contributed by atoms with Crippen molar-refractivity contribution < 1.29 is 14.5 Å². The number of nitro groups is 1. The lowest BCUT2D eigenvalue weighted by Gasteiger charge is -2.18. The first-order chi connectivity index (χ1) is 10.9. The molecule has 0 aromatic heterocycles. The van der Waals surface area contributed by atoms with E-state index in [4.69, 9.17) is 4.74 Å². The Hall–Kier alpha value is -2.89. The molecule has 0 heterocycles. The van der Waals surface area contributed by atoms with Crippen molar-refractivity contribution in [3.8, 4) is 5.75 Å². The molecular weight excluding hydrogens is 296 g/mol. The van der Waals surface area contributed by atoms with Gasteiger partial charge in [-0.15, -0.1) is 0 Å². The summed E-state index contributed by atoms with van der Waals surface area (Å²) in [7, 11) is 3.26. The average Bonchev–Trinajstić information content (AvgIpc) is 2.54. The fourth-order valence-electron chi connectivity index (χ4n) is 2.34. The molecule has 0 saturated carbocycles. The van der Waals surface area contributed by atoms with Crippen LogP contribution in [0.5, 0.6) is 5.75 Å². The predicted molar refractivity (Wildman–Crippen MR) is 86.6 cm³/mol. The molecule has 0 aliphatic heterocycles. The first-order valence-electron chi connectivity index (χ1n) is 7.06. The average molecular weight is 314 g/mol. The highest BCUT2D eigenvalue weighted by molar-refractivity contribution is 5.96. The largest absolute Gasteiger partial charge is 0.497 e. The van der Waals surface area contributed by atoms with Crippen molar-refractivity contribution in [1.29, 1.82) is 0 Å². The number of nitrogens with zero attached hydrogens (tertiary/aromatic N) is 2. The van der Waals surface area contributed by atoms with Crippen LogP contribution in [0.1, 0.15) is 21.5 Å². The summed E-state index contributed by atoms with van der Waals surface area (Å²) < 4.78 is 5.10. The van der Waals surface area contributed by atoms with E-state index < -0.39 is 4.92 Å². The van der Waals surface area contributed by atoms with Gasteiger partial charge in [0, 0.05) is 30.8 Å². The number of carbonyl (C=O) groups is 1. The van der Waals surface area contributed by atoms with Crippen LogP contribution in [0.15, 0.2) is 42.5 Å². The minimum Gasteiger partial charge on any atom is -0.497 e. The Kier molecular flexibility index (Phi) is 4.95. The molecule has 0 atom stereocenters. The van der Waals surface area contributed by atoms with E-state index in [1.807, 2.05) is 24.3 Å². The Morgan fingerprint density at radius 1 is 1.22 bits per heavy atom. The summed E-state index contributed by atoms with van der Waals surface area (Å²) in [6.45, 7) is 2.00. The molecule has 120 valence electrons. The highest BCUT2D eigenvalue weighted by Crippen LogP contribution is 2.22. The molecule has 2 aromatic carbocycles. The first-order valence-corrected chi connectivity index (χ1v) is 7.06. The quantitative estimate of drug-likeness (QED) is 0.627. The summed E-state index contributed by atoms with van der Waals surface area (Å²) in [5.74, 6) is 0.499. The number of hydrogen-bond acceptors (Lipinski definition) is 4. The smallest absolute Gasteiger partial charge is 0.273 e. The zero-order valence-corrected chi connectivity index (χ0v) is 13.3. The van der Waals surface area contributed by atoms with Crippen molar-refractivity contribution in [3.05, 3.63) is 69.3 Å². The lowest BCUT2D eigenvalue weighted by molar-refractivity contribution is -0.385. The van der Waals surface area contributed by atoms with Crippen molar-refractivity contribution in [1.82, 2.24) is 4.90 Å². The molecule has 0 radical (unpaired) electrons. The molecule has 0 aliphatic rings. The van der Waals surface area contributed by atoms with Crippen LogP contribution >= 0.6 is 0 Å². The molecule has 0 spiro atoms. The van der Waals surface area contributed by atoms with Gasteiger partial charge >= 0.3 is 0 Å². The number of hydrogen-bond donors (Lipinski definition) is 0. The summed E-state index contributed by atoms with van der Waals surface area (Å²) in [5.41, 5.74) is 1.62. The summed E-state index contributed by atoms with van der Waals surface area (Å²) in [5, 5.41) is 11.0. The van der Waals surface area contributed by atoms with E-state index in [2.05, 4.69) is 0 Å². The van der Waals surface area contributed by atoms with Gasteiger partial charge in [-0.2, -0.15) is 0 Å². The predicted octanol–water partition coefficient (Wildman–Crippen LogP) is 3.18. The molecule has 6 nitrogen and oxygen atoms in total. The third-order valence-electron chi connectivity index (χ3n) is 3.66. The van der Waals surface area contributed by atoms with Crippen LogP contribution in [-0.4, -0.2) is 29.9 Å². The van der Waals surface area contributed by atoms with E-state index in [0.717, 1.165) is 11.3 Å². The lowest BCUT2D eigenvalue weighted by Crippen LogP contribution is -2.27. The maximum Gasteiger partial charge on any atom is 0.273 e. The van der Waals surface area contributed by atoms with E-state index in [9.17, 15) is 14.9 Å². The molecule has 2 rings (SSSR count). The standard InChI is InChI=1S/C17H18N2O4/c1-12-15(5-4-6-16(12)19(21)22)17(20)18(2)11-13-7-9-14(23-3)10-8-13/h4-10H,11H2,1-3H3. The fraction of sp³-hybridized carbons (Fsp3) is 0.235. The Labute approximate surface area is 134 Å². The number of rotatable bonds is 5. The van der Waals surface area contributed by atoms with Crippen molar-refractivity contribution in [3.63, 3.8) is 0 Å². The summed E-state index contributed by atoms with van der Waals surface area (Å²) in [6, 6.07) is 11.9. The van der Waals surface area contributed by atoms with Gasteiger partial charge < -0.3 is 9.64 Å². The molecule has 23 heavy (non-hydrogen) atoms. The molecule has 1 amide bonds. The van der Waals surface area contributed by atoms with Gasteiger partial charge in [-0.25, -0.2) is 0 Å². The zero-order valence-electron chi connectivity index (χ0n) is 13.3. The summed E-state index contributed by atoms with van der Waals surface area (Å²) in [4.78, 5) is 24.6. The monoisotopic (exact) mass is 314 g/mol. The molecule has 0 N–H and O–H groups in total. The molecule has 0 bridgehead atoms. The Balaban J connectivity index is 2.19. The molecule has 0 saturated heterocycles. The van der Waals surface area contributed by atoms with Crippen molar-refractivity contribution >= 4 is 11.6 Å². The molecule has 0 fully saturated rings.